The third kappa shape index (κ3) is 2.85. The van der Waals surface area contributed by atoms with Crippen LogP contribution in [0.25, 0.3) is 11.1 Å². The molecular formula is C13H11FN2O3. The van der Waals surface area contributed by atoms with Crippen LogP contribution in [0.5, 0.6) is 6.01 Å². The molecule has 0 saturated carbocycles. The van der Waals surface area contributed by atoms with Gasteiger partial charge in [0.2, 0.25) is 0 Å². The smallest absolute Gasteiger partial charge is 0.337 e. The monoisotopic (exact) mass is 262 g/mol. The minimum Gasteiger partial charge on any atom is -0.467 e. The number of methoxy groups -OCH3 is 2. The Balaban J connectivity index is 2.43. The number of ether oxygens (including phenoxy) is 2. The summed E-state index contributed by atoms with van der Waals surface area (Å²) in [6.45, 7) is 0. The van der Waals surface area contributed by atoms with Gasteiger partial charge in [-0.05, 0) is 23.8 Å². The first kappa shape index (κ1) is 12.9. The molecule has 6 heteroatoms. The van der Waals surface area contributed by atoms with Gasteiger partial charge in [0, 0.05) is 18.0 Å². The summed E-state index contributed by atoms with van der Waals surface area (Å²) >= 11 is 0. The van der Waals surface area contributed by atoms with Crippen molar-refractivity contribution in [3.05, 3.63) is 42.0 Å². The highest BCUT2D eigenvalue weighted by Gasteiger charge is 2.10. The Morgan fingerprint density at radius 3 is 2.37 bits per heavy atom. The minimum absolute atomic E-state index is 0.133. The van der Waals surface area contributed by atoms with Gasteiger partial charge in [0.1, 0.15) is 5.82 Å². The molecule has 0 bridgehead atoms. The van der Waals surface area contributed by atoms with Crippen LogP contribution < -0.4 is 4.74 Å². The summed E-state index contributed by atoms with van der Waals surface area (Å²) in [6.07, 6.45) is 2.98. The summed E-state index contributed by atoms with van der Waals surface area (Å²) in [5.74, 6) is -1.14. The lowest BCUT2D eigenvalue weighted by Gasteiger charge is -2.05. The lowest BCUT2D eigenvalue weighted by molar-refractivity contribution is 0.0600. The summed E-state index contributed by atoms with van der Waals surface area (Å²) < 4.78 is 22.9. The molecule has 0 N–H and O–H groups in total. The fourth-order valence-electron chi connectivity index (χ4n) is 1.56. The topological polar surface area (TPSA) is 61.3 Å². The third-order valence-electron chi connectivity index (χ3n) is 2.46. The van der Waals surface area contributed by atoms with Gasteiger partial charge in [-0.25, -0.2) is 19.2 Å². The van der Waals surface area contributed by atoms with Crippen molar-refractivity contribution >= 4 is 5.97 Å². The number of hydrogen-bond acceptors (Lipinski definition) is 5. The van der Waals surface area contributed by atoms with Gasteiger partial charge in [-0.15, -0.1) is 0 Å². The van der Waals surface area contributed by atoms with Crippen molar-refractivity contribution in [1.29, 1.82) is 0 Å². The molecule has 0 aliphatic carbocycles. The molecule has 0 atom stereocenters. The Morgan fingerprint density at radius 1 is 1.11 bits per heavy atom. The molecule has 5 nitrogen and oxygen atoms in total. The van der Waals surface area contributed by atoms with Crippen LogP contribution in [-0.2, 0) is 4.74 Å². The normalized spacial score (nSPS) is 10.1. The quantitative estimate of drug-likeness (QED) is 0.792. The van der Waals surface area contributed by atoms with Gasteiger partial charge in [-0.1, -0.05) is 0 Å². The average molecular weight is 262 g/mol. The van der Waals surface area contributed by atoms with E-state index in [4.69, 9.17) is 4.74 Å². The number of rotatable bonds is 3. The van der Waals surface area contributed by atoms with Crippen molar-refractivity contribution < 1.29 is 18.7 Å². The van der Waals surface area contributed by atoms with E-state index >= 15 is 0 Å². The molecule has 0 aliphatic heterocycles. The SMILES string of the molecule is COC(=O)c1cc(F)cc(-c2cnc(OC)nc2)c1. The number of benzene rings is 1. The zero-order chi connectivity index (χ0) is 13.8. The largest absolute Gasteiger partial charge is 0.467 e. The Morgan fingerprint density at radius 2 is 1.79 bits per heavy atom. The summed E-state index contributed by atoms with van der Waals surface area (Å²) in [5.41, 5.74) is 1.20. The summed E-state index contributed by atoms with van der Waals surface area (Å²) in [5, 5.41) is 0. The number of carbonyl (C=O) groups is 1. The van der Waals surface area contributed by atoms with Crippen molar-refractivity contribution in [3.63, 3.8) is 0 Å². The van der Waals surface area contributed by atoms with Gasteiger partial charge in [-0.3, -0.25) is 0 Å². The first-order chi connectivity index (χ1) is 9.13. The van der Waals surface area contributed by atoms with E-state index in [0.717, 1.165) is 6.07 Å². The second-order valence-electron chi connectivity index (χ2n) is 3.68. The Labute approximate surface area is 109 Å². The fraction of sp³-hybridized carbons (Fsp3) is 0.154. The maximum atomic E-state index is 13.5. The number of nitrogens with zero attached hydrogens (tertiary/aromatic N) is 2. The molecule has 0 radical (unpaired) electrons. The second-order valence-corrected chi connectivity index (χ2v) is 3.68. The lowest BCUT2D eigenvalue weighted by Crippen LogP contribution is -2.02. The van der Waals surface area contributed by atoms with Crippen LogP contribution in [0.15, 0.2) is 30.6 Å². The van der Waals surface area contributed by atoms with Gasteiger partial charge < -0.3 is 9.47 Å². The highest BCUT2D eigenvalue weighted by Crippen LogP contribution is 2.22. The fourth-order valence-corrected chi connectivity index (χ4v) is 1.56. The summed E-state index contributed by atoms with van der Waals surface area (Å²) in [6, 6.07) is 4.13. The van der Waals surface area contributed by atoms with Crippen molar-refractivity contribution in [2.75, 3.05) is 14.2 Å². The van der Waals surface area contributed by atoms with Crippen LogP contribution in [0.1, 0.15) is 10.4 Å². The molecule has 2 aromatic rings. The molecule has 0 spiro atoms. The van der Waals surface area contributed by atoms with Crippen molar-refractivity contribution in [2.45, 2.75) is 0 Å². The van der Waals surface area contributed by atoms with Crippen molar-refractivity contribution in [1.82, 2.24) is 9.97 Å². The lowest BCUT2D eigenvalue weighted by atomic mass is 10.1. The summed E-state index contributed by atoms with van der Waals surface area (Å²) in [4.78, 5) is 19.3. The van der Waals surface area contributed by atoms with Crippen LogP contribution >= 0.6 is 0 Å². The predicted octanol–water partition coefficient (Wildman–Crippen LogP) is 2.08. The van der Waals surface area contributed by atoms with Gasteiger partial charge >= 0.3 is 12.0 Å². The van der Waals surface area contributed by atoms with Gasteiger partial charge in [-0.2, -0.15) is 0 Å². The van der Waals surface area contributed by atoms with Gasteiger partial charge in [0.15, 0.2) is 0 Å². The van der Waals surface area contributed by atoms with Crippen molar-refractivity contribution in [2.24, 2.45) is 0 Å². The number of aromatic nitrogens is 2. The van der Waals surface area contributed by atoms with E-state index in [1.807, 2.05) is 0 Å². The molecule has 0 fully saturated rings. The molecule has 0 aliphatic rings. The zero-order valence-corrected chi connectivity index (χ0v) is 10.4. The first-order valence-electron chi connectivity index (χ1n) is 5.39. The van der Waals surface area contributed by atoms with Crippen LogP contribution in [0.4, 0.5) is 4.39 Å². The Kier molecular flexibility index (Phi) is 3.70. The predicted molar refractivity (Wildman–Crippen MR) is 65.3 cm³/mol. The van der Waals surface area contributed by atoms with E-state index < -0.39 is 11.8 Å². The number of halogens is 1. The van der Waals surface area contributed by atoms with Gasteiger partial charge in [0.25, 0.3) is 0 Å². The van der Waals surface area contributed by atoms with E-state index in [1.54, 1.807) is 0 Å². The minimum atomic E-state index is -0.602. The summed E-state index contributed by atoms with van der Waals surface area (Å²) in [7, 11) is 2.69. The standard InChI is InChI=1S/C13H11FN2O3/c1-18-12(17)9-3-8(4-11(14)5-9)10-6-15-13(19-2)16-7-10/h3-7H,1-2H3. The maximum absolute atomic E-state index is 13.5. The van der Waals surface area contributed by atoms with Crippen LogP contribution in [0.3, 0.4) is 0 Å². The van der Waals surface area contributed by atoms with E-state index in [-0.39, 0.29) is 11.6 Å². The molecule has 2 rings (SSSR count). The van der Waals surface area contributed by atoms with Crippen LogP contribution in [0.2, 0.25) is 0 Å². The molecular weight excluding hydrogens is 251 g/mol. The van der Waals surface area contributed by atoms with Crippen molar-refractivity contribution in [3.8, 4) is 17.1 Å². The highest BCUT2D eigenvalue weighted by molar-refractivity contribution is 5.90. The van der Waals surface area contributed by atoms with Gasteiger partial charge in [0.05, 0.1) is 19.8 Å². The zero-order valence-electron chi connectivity index (χ0n) is 10.4. The van der Waals surface area contributed by atoms with E-state index in [9.17, 15) is 9.18 Å². The van der Waals surface area contributed by atoms with E-state index in [1.165, 1.54) is 38.7 Å². The highest BCUT2D eigenvalue weighted by atomic mass is 19.1. The Bertz CT molecular complexity index is 599. The molecule has 0 amide bonds. The number of hydrogen-bond donors (Lipinski definition) is 0. The number of carbonyl (C=O) groups excluding carboxylic acids is 1. The second kappa shape index (κ2) is 5.43. The third-order valence-corrected chi connectivity index (χ3v) is 2.46. The number of esters is 1. The van der Waals surface area contributed by atoms with Crippen LogP contribution in [-0.4, -0.2) is 30.2 Å². The molecule has 1 heterocycles. The first-order valence-corrected chi connectivity index (χ1v) is 5.39. The molecule has 19 heavy (non-hydrogen) atoms. The van der Waals surface area contributed by atoms with E-state index in [0.29, 0.717) is 11.1 Å². The molecule has 1 aromatic heterocycles. The van der Waals surface area contributed by atoms with E-state index in [2.05, 4.69) is 14.7 Å². The molecule has 1 aromatic carbocycles. The van der Waals surface area contributed by atoms with Crippen LogP contribution in [0, 0.1) is 5.82 Å². The molecule has 0 saturated heterocycles. The maximum Gasteiger partial charge on any atom is 0.337 e. The average Bonchev–Trinajstić information content (AvgIpc) is 2.45. The Hall–Kier alpha value is -2.50. The molecule has 0 unspecified atom stereocenters. The molecule has 98 valence electrons.